The highest BCUT2D eigenvalue weighted by molar-refractivity contribution is 7.54. The van der Waals surface area contributed by atoms with Crippen LogP contribution in [0.4, 0.5) is 5.69 Å². The lowest BCUT2D eigenvalue weighted by atomic mass is 10.2. The summed E-state index contributed by atoms with van der Waals surface area (Å²) in [5.41, 5.74) is 1.17. The van der Waals surface area contributed by atoms with Gasteiger partial charge in [-0.15, -0.1) is 0 Å². The molecule has 0 spiro atoms. The van der Waals surface area contributed by atoms with E-state index in [1.165, 1.54) is 18.3 Å². The molecule has 0 aliphatic heterocycles. The van der Waals surface area contributed by atoms with Gasteiger partial charge in [0.25, 0.3) is 5.69 Å². The van der Waals surface area contributed by atoms with Gasteiger partial charge in [0.05, 0.1) is 18.1 Å². The Labute approximate surface area is 152 Å². The molecule has 1 atom stereocenters. The first-order chi connectivity index (χ1) is 12.5. The normalized spacial score (nSPS) is 13.0. The molecule has 0 amide bonds. The lowest BCUT2D eigenvalue weighted by molar-refractivity contribution is -0.384. The second-order valence-electron chi connectivity index (χ2n) is 5.29. The number of non-ortho nitro benzene ring substituents is 1. The van der Waals surface area contributed by atoms with Gasteiger partial charge in [-0.1, -0.05) is 42.5 Å². The fourth-order valence-electron chi connectivity index (χ4n) is 2.39. The third-order valence-corrected chi connectivity index (χ3v) is 5.73. The van der Waals surface area contributed by atoms with Gasteiger partial charge in [0.2, 0.25) is 0 Å². The van der Waals surface area contributed by atoms with Crippen LogP contribution in [0.15, 0.2) is 59.6 Å². The van der Waals surface area contributed by atoms with Gasteiger partial charge in [-0.2, -0.15) is 0 Å². The fraction of sp³-hybridized carbons (Fsp3) is 0.278. The minimum atomic E-state index is -3.55. The quantitative estimate of drug-likeness (QED) is 0.266. The molecule has 2 rings (SSSR count). The molecule has 0 N–H and O–H groups in total. The van der Waals surface area contributed by atoms with E-state index in [0.29, 0.717) is 11.1 Å². The molecule has 26 heavy (non-hydrogen) atoms. The van der Waals surface area contributed by atoms with Crippen molar-refractivity contribution in [3.05, 3.63) is 75.8 Å². The zero-order chi connectivity index (χ0) is 19.0. The van der Waals surface area contributed by atoms with Crippen LogP contribution in [0.5, 0.6) is 0 Å². The van der Waals surface area contributed by atoms with Crippen molar-refractivity contribution in [2.75, 3.05) is 13.2 Å². The first kappa shape index (κ1) is 20.0. The lowest BCUT2D eigenvalue weighted by Gasteiger charge is -2.23. The fourth-order valence-corrected chi connectivity index (χ4v) is 4.23. The first-order valence-electron chi connectivity index (χ1n) is 8.21. The molecule has 1 unspecified atom stereocenters. The number of nitrogens with zero attached hydrogens (tertiary/aromatic N) is 2. The van der Waals surface area contributed by atoms with Crippen LogP contribution in [-0.2, 0) is 13.6 Å². The van der Waals surface area contributed by atoms with E-state index in [9.17, 15) is 14.7 Å². The summed E-state index contributed by atoms with van der Waals surface area (Å²) in [5, 5.41) is 10.9. The molecule has 7 nitrogen and oxygen atoms in total. The highest BCUT2D eigenvalue weighted by Gasteiger charge is 2.36. The number of rotatable bonds is 9. The Morgan fingerprint density at radius 1 is 1.12 bits per heavy atom. The third-order valence-electron chi connectivity index (χ3n) is 3.46. The minimum absolute atomic E-state index is 0.0389. The number of nitro groups is 1. The van der Waals surface area contributed by atoms with Crippen LogP contribution < -0.4 is 0 Å². The van der Waals surface area contributed by atoms with E-state index in [2.05, 4.69) is 4.99 Å². The predicted octanol–water partition coefficient (Wildman–Crippen LogP) is 4.98. The smallest absolute Gasteiger partial charge is 0.307 e. The summed E-state index contributed by atoms with van der Waals surface area (Å²) in [6.45, 7) is 3.90. The van der Waals surface area contributed by atoms with Gasteiger partial charge >= 0.3 is 7.60 Å². The summed E-state index contributed by atoms with van der Waals surface area (Å²) in [4.78, 5) is 14.9. The molecule has 0 saturated heterocycles. The lowest BCUT2D eigenvalue weighted by Crippen LogP contribution is -2.05. The number of nitro benzene ring substituents is 1. The van der Waals surface area contributed by atoms with Gasteiger partial charge in [0.1, 0.15) is 0 Å². The van der Waals surface area contributed by atoms with Gasteiger partial charge < -0.3 is 9.05 Å². The number of benzene rings is 2. The van der Waals surface area contributed by atoms with Crippen molar-refractivity contribution in [3.8, 4) is 0 Å². The maximum absolute atomic E-state index is 13.2. The third kappa shape index (κ3) is 5.08. The number of hydrogen-bond acceptors (Lipinski definition) is 6. The van der Waals surface area contributed by atoms with Gasteiger partial charge in [-0.05, 0) is 25.0 Å². The van der Waals surface area contributed by atoms with Crippen LogP contribution in [0, 0.1) is 10.1 Å². The van der Waals surface area contributed by atoms with E-state index < -0.39 is 18.3 Å². The highest BCUT2D eigenvalue weighted by atomic mass is 31.2. The summed E-state index contributed by atoms with van der Waals surface area (Å²) >= 11 is 0. The van der Waals surface area contributed by atoms with E-state index in [0.717, 1.165) is 0 Å². The van der Waals surface area contributed by atoms with Gasteiger partial charge in [-0.25, -0.2) is 0 Å². The van der Waals surface area contributed by atoms with Crippen molar-refractivity contribution in [1.82, 2.24) is 0 Å². The molecule has 0 aliphatic carbocycles. The Morgan fingerprint density at radius 3 is 2.35 bits per heavy atom. The first-order valence-corrected chi connectivity index (χ1v) is 9.82. The molecule has 0 aliphatic rings. The molecule has 0 saturated carbocycles. The monoisotopic (exact) mass is 376 g/mol. The largest absolute Gasteiger partial charge is 0.359 e. The van der Waals surface area contributed by atoms with Crippen molar-refractivity contribution >= 4 is 19.5 Å². The Bertz CT molecular complexity index is 800. The predicted molar refractivity (Wildman–Crippen MR) is 101 cm³/mol. The Hall–Kier alpha value is -2.34. The molecule has 0 fully saturated rings. The summed E-state index contributed by atoms with van der Waals surface area (Å²) in [7, 11) is -3.55. The summed E-state index contributed by atoms with van der Waals surface area (Å²) in [5.74, 6) is -0.858. The van der Waals surface area contributed by atoms with Crippen LogP contribution in [0.2, 0.25) is 0 Å². The zero-order valence-electron chi connectivity index (χ0n) is 14.6. The van der Waals surface area contributed by atoms with Crippen LogP contribution >= 0.6 is 7.60 Å². The maximum atomic E-state index is 13.2. The Balaban J connectivity index is 2.43. The number of hydrogen-bond donors (Lipinski definition) is 0. The topological polar surface area (TPSA) is 91.0 Å². The van der Waals surface area contributed by atoms with E-state index in [1.807, 2.05) is 18.2 Å². The van der Waals surface area contributed by atoms with Crippen LogP contribution in [0.3, 0.4) is 0 Å². The molecule has 0 heterocycles. The average Bonchev–Trinajstić information content (AvgIpc) is 2.63. The second kappa shape index (κ2) is 9.38. The van der Waals surface area contributed by atoms with E-state index in [1.54, 1.807) is 38.1 Å². The average molecular weight is 376 g/mol. The highest BCUT2D eigenvalue weighted by Crippen LogP contribution is 2.61. The number of aliphatic imine (C=N–C) groups is 1. The Kier molecular flexibility index (Phi) is 7.21. The minimum Gasteiger partial charge on any atom is -0.307 e. The van der Waals surface area contributed by atoms with Crippen LogP contribution in [0.25, 0.3) is 0 Å². The van der Waals surface area contributed by atoms with Crippen molar-refractivity contribution < 1.29 is 18.5 Å². The Morgan fingerprint density at radius 2 is 1.77 bits per heavy atom. The molecule has 0 radical (unpaired) electrons. The van der Waals surface area contributed by atoms with Gasteiger partial charge in [0.15, 0.2) is 5.78 Å². The molecular formula is C18H21N2O5P. The molecule has 2 aromatic carbocycles. The molecule has 0 aromatic heterocycles. The summed E-state index contributed by atoms with van der Waals surface area (Å²) in [6.07, 6.45) is 1.45. The second-order valence-corrected chi connectivity index (χ2v) is 7.38. The van der Waals surface area contributed by atoms with Crippen LogP contribution in [-0.4, -0.2) is 24.4 Å². The molecule has 0 bridgehead atoms. The summed E-state index contributed by atoms with van der Waals surface area (Å²) < 4.78 is 24.1. The molecule has 8 heteroatoms. The SMILES string of the molecule is CCOP(=O)(OCC)C(N=Cc1cccc([N+](=O)[O-])c1)c1ccccc1. The van der Waals surface area contributed by atoms with E-state index in [-0.39, 0.29) is 18.9 Å². The van der Waals surface area contributed by atoms with Gasteiger partial charge in [0, 0.05) is 18.3 Å². The van der Waals surface area contributed by atoms with Crippen molar-refractivity contribution in [2.24, 2.45) is 4.99 Å². The summed E-state index contributed by atoms with van der Waals surface area (Å²) in [6, 6.07) is 15.1. The zero-order valence-corrected chi connectivity index (χ0v) is 15.5. The van der Waals surface area contributed by atoms with Crippen LogP contribution in [0.1, 0.15) is 30.8 Å². The molecule has 2 aromatic rings. The standard InChI is InChI=1S/C18H21N2O5P/c1-3-24-26(23,25-4-2)18(16-10-6-5-7-11-16)19-14-15-9-8-12-17(13-15)20(21)22/h5-14,18H,3-4H2,1-2H3. The van der Waals surface area contributed by atoms with Crippen molar-refractivity contribution in [2.45, 2.75) is 19.6 Å². The van der Waals surface area contributed by atoms with Crippen molar-refractivity contribution in [1.29, 1.82) is 0 Å². The molecule has 138 valence electrons. The van der Waals surface area contributed by atoms with E-state index >= 15 is 0 Å². The maximum Gasteiger partial charge on any atom is 0.359 e. The van der Waals surface area contributed by atoms with E-state index in [4.69, 9.17) is 9.05 Å². The van der Waals surface area contributed by atoms with Crippen molar-refractivity contribution in [3.63, 3.8) is 0 Å². The van der Waals surface area contributed by atoms with Gasteiger partial charge in [-0.3, -0.25) is 19.7 Å². The molecular weight excluding hydrogens is 355 g/mol.